The first-order valence-corrected chi connectivity index (χ1v) is 5.87. The summed E-state index contributed by atoms with van der Waals surface area (Å²) in [6.45, 7) is 0. The molecule has 1 N–H and O–H groups in total. The van der Waals surface area contributed by atoms with Gasteiger partial charge in [-0.25, -0.2) is 4.39 Å². The van der Waals surface area contributed by atoms with E-state index in [1.54, 1.807) is 12.1 Å². The molecule has 1 aromatic carbocycles. The summed E-state index contributed by atoms with van der Waals surface area (Å²) >= 11 is 3.17. The molecule has 16 heavy (non-hydrogen) atoms. The van der Waals surface area contributed by atoms with Crippen molar-refractivity contribution in [3.05, 3.63) is 40.6 Å². The van der Waals surface area contributed by atoms with Gasteiger partial charge in [-0.15, -0.1) is 0 Å². The van der Waals surface area contributed by atoms with Gasteiger partial charge in [0, 0.05) is 10.4 Å². The van der Waals surface area contributed by atoms with Gasteiger partial charge in [0.1, 0.15) is 5.82 Å². The molecule has 0 atom stereocenters. The standard InChI is InChI=1S/C12H11BrFNO/c13-9-5-6-11(10(14)7-9)15-12(16)8-3-1-2-4-8/h1-2,5-8H,3-4H2,(H,15,16). The number of carbonyl (C=O) groups is 1. The van der Waals surface area contributed by atoms with Gasteiger partial charge >= 0.3 is 0 Å². The van der Waals surface area contributed by atoms with Gasteiger partial charge < -0.3 is 5.32 Å². The Bertz CT molecular complexity index is 437. The molecule has 0 saturated heterocycles. The Morgan fingerprint density at radius 3 is 2.69 bits per heavy atom. The quantitative estimate of drug-likeness (QED) is 0.827. The lowest BCUT2D eigenvalue weighted by molar-refractivity contribution is -0.119. The lowest BCUT2D eigenvalue weighted by Crippen LogP contribution is -2.21. The van der Waals surface area contributed by atoms with Crippen molar-refractivity contribution in [2.75, 3.05) is 5.32 Å². The number of carbonyl (C=O) groups excluding carboxylic acids is 1. The summed E-state index contributed by atoms with van der Waals surface area (Å²) in [5, 5.41) is 2.60. The van der Waals surface area contributed by atoms with Crippen LogP contribution in [0.15, 0.2) is 34.8 Å². The van der Waals surface area contributed by atoms with Gasteiger partial charge in [-0.3, -0.25) is 4.79 Å². The molecular formula is C12H11BrFNO. The number of benzene rings is 1. The highest BCUT2D eigenvalue weighted by atomic mass is 79.9. The van der Waals surface area contributed by atoms with E-state index in [1.165, 1.54) is 6.07 Å². The van der Waals surface area contributed by atoms with Crippen LogP contribution in [0.2, 0.25) is 0 Å². The van der Waals surface area contributed by atoms with E-state index < -0.39 is 5.82 Å². The first-order valence-electron chi connectivity index (χ1n) is 5.08. The Balaban J connectivity index is 2.06. The minimum absolute atomic E-state index is 0.0527. The van der Waals surface area contributed by atoms with Crippen molar-refractivity contribution in [3.63, 3.8) is 0 Å². The second-order valence-electron chi connectivity index (χ2n) is 3.75. The average molecular weight is 284 g/mol. The van der Waals surface area contributed by atoms with E-state index in [1.807, 2.05) is 12.2 Å². The Morgan fingerprint density at radius 2 is 2.06 bits per heavy atom. The summed E-state index contributed by atoms with van der Waals surface area (Å²) in [4.78, 5) is 11.7. The van der Waals surface area contributed by atoms with Crippen molar-refractivity contribution < 1.29 is 9.18 Å². The highest BCUT2D eigenvalue weighted by Gasteiger charge is 2.20. The van der Waals surface area contributed by atoms with E-state index in [9.17, 15) is 9.18 Å². The summed E-state index contributed by atoms with van der Waals surface area (Å²) in [5.74, 6) is -0.594. The van der Waals surface area contributed by atoms with Crippen LogP contribution in [0.1, 0.15) is 12.8 Å². The first kappa shape index (κ1) is 11.3. The van der Waals surface area contributed by atoms with Gasteiger partial charge in [0.2, 0.25) is 5.91 Å². The molecule has 0 spiro atoms. The molecule has 0 fully saturated rings. The Morgan fingerprint density at radius 1 is 1.38 bits per heavy atom. The molecule has 0 heterocycles. The molecular weight excluding hydrogens is 273 g/mol. The van der Waals surface area contributed by atoms with E-state index in [0.717, 1.165) is 12.8 Å². The molecule has 2 rings (SSSR count). The van der Waals surface area contributed by atoms with Crippen molar-refractivity contribution in [1.29, 1.82) is 0 Å². The molecule has 4 heteroatoms. The molecule has 1 aliphatic carbocycles. The van der Waals surface area contributed by atoms with Crippen LogP contribution in [0.3, 0.4) is 0 Å². The topological polar surface area (TPSA) is 29.1 Å². The summed E-state index contributed by atoms with van der Waals surface area (Å²) in [5.41, 5.74) is 0.236. The lowest BCUT2D eigenvalue weighted by Gasteiger charge is -2.11. The molecule has 2 nitrogen and oxygen atoms in total. The summed E-state index contributed by atoms with van der Waals surface area (Å²) < 4.78 is 14.1. The van der Waals surface area contributed by atoms with Crippen LogP contribution in [-0.4, -0.2) is 5.91 Å². The van der Waals surface area contributed by atoms with Crippen molar-refractivity contribution in [3.8, 4) is 0 Å². The molecule has 0 bridgehead atoms. The Hall–Kier alpha value is -1.16. The maximum atomic E-state index is 13.4. The molecule has 0 saturated carbocycles. The third-order valence-electron chi connectivity index (χ3n) is 2.57. The minimum Gasteiger partial charge on any atom is -0.323 e. The van der Waals surface area contributed by atoms with Crippen molar-refractivity contribution in [2.45, 2.75) is 12.8 Å². The van der Waals surface area contributed by atoms with Gasteiger partial charge in [-0.1, -0.05) is 28.1 Å². The molecule has 1 aromatic rings. The third-order valence-corrected chi connectivity index (χ3v) is 3.06. The van der Waals surface area contributed by atoms with E-state index in [4.69, 9.17) is 0 Å². The number of amides is 1. The van der Waals surface area contributed by atoms with Gasteiger partial charge in [0.25, 0.3) is 0 Å². The summed E-state index contributed by atoms with van der Waals surface area (Å²) in [7, 11) is 0. The zero-order chi connectivity index (χ0) is 11.5. The van der Waals surface area contributed by atoms with E-state index >= 15 is 0 Å². The summed E-state index contributed by atoms with van der Waals surface area (Å²) in [6, 6.07) is 4.59. The fourth-order valence-corrected chi connectivity index (χ4v) is 1.99. The number of rotatable bonds is 2. The first-order chi connectivity index (χ1) is 7.66. The van der Waals surface area contributed by atoms with Crippen molar-refractivity contribution in [2.24, 2.45) is 5.92 Å². The molecule has 1 amide bonds. The van der Waals surface area contributed by atoms with Gasteiger partial charge in [0.05, 0.1) is 5.69 Å². The van der Waals surface area contributed by atoms with Crippen LogP contribution >= 0.6 is 15.9 Å². The zero-order valence-electron chi connectivity index (χ0n) is 8.54. The molecule has 0 aromatic heterocycles. The van der Waals surface area contributed by atoms with Crippen LogP contribution in [0.5, 0.6) is 0 Å². The largest absolute Gasteiger partial charge is 0.323 e. The SMILES string of the molecule is O=C(Nc1ccc(Br)cc1F)C1CC=CC1. The van der Waals surface area contributed by atoms with Crippen LogP contribution in [0, 0.1) is 11.7 Å². The second kappa shape index (κ2) is 4.78. The highest BCUT2D eigenvalue weighted by molar-refractivity contribution is 9.10. The van der Waals surface area contributed by atoms with Crippen LogP contribution < -0.4 is 5.32 Å². The second-order valence-corrected chi connectivity index (χ2v) is 4.67. The van der Waals surface area contributed by atoms with Crippen molar-refractivity contribution in [1.82, 2.24) is 0 Å². The maximum Gasteiger partial charge on any atom is 0.228 e. The fourth-order valence-electron chi connectivity index (χ4n) is 1.66. The predicted molar refractivity (Wildman–Crippen MR) is 64.6 cm³/mol. The lowest BCUT2D eigenvalue weighted by atomic mass is 10.1. The van der Waals surface area contributed by atoms with Gasteiger partial charge in [-0.2, -0.15) is 0 Å². The average Bonchev–Trinajstić information content (AvgIpc) is 2.75. The normalized spacial score (nSPS) is 15.4. The number of halogens is 2. The predicted octanol–water partition coefficient (Wildman–Crippen LogP) is 3.49. The number of anilines is 1. The van der Waals surface area contributed by atoms with Crippen LogP contribution in [0.25, 0.3) is 0 Å². The monoisotopic (exact) mass is 283 g/mol. The molecule has 84 valence electrons. The van der Waals surface area contributed by atoms with E-state index in [2.05, 4.69) is 21.2 Å². The third kappa shape index (κ3) is 2.50. The van der Waals surface area contributed by atoms with E-state index in [0.29, 0.717) is 4.47 Å². The maximum absolute atomic E-state index is 13.4. The Labute approximate surface area is 102 Å². The van der Waals surface area contributed by atoms with Crippen molar-refractivity contribution >= 4 is 27.5 Å². The van der Waals surface area contributed by atoms with Crippen LogP contribution in [0.4, 0.5) is 10.1 Å². The number of hydrogen-bond donors (Lipinski definition) is 1. The molecule has 0 unspecified atom stereocenters. The minimum atomic E-state index is -0.423. The van der Waals surface area contributed by atoms with Gasteiger partial charge in [0.15, 0.2) is 0 Å². The molecule has 1 aliphatic rings. The smallest absolute Gasteiger partial charge is 0.228 e. The number of hydrogen-bond acceptors (Lipinski definition) is 1. The fraction of sp³-hybridized carbons (Fsp3) is 0.250. The van der Waals surface area contributed by atoms with Crippen LogP contribution in [-0.2, 0) is 4.79 Å². The molecule has 0 radical (unpaired) electrons. The Kier molecular flexibility index (Phi) is 3.39. The molecule has 0 aliphatic heterocycles. The van der Waals surface area contributed by atoms with Gasteiger partial charge in [-0.05, 0) is 31.0 Å². The summed E-state index contributed by atoms with van der Waals surface area (Å²) in [6.07, 6.45) is 5.43. The van der Waals surface area contributed by atoms with E-state index in [-0.39, 0.29) is 17.5 Å². The highest BCUT2D eigenvalue weighted by Crippen LogP contribution is 2.23. The number of allylic oxidation sites excluding steroid dienone is 2. The number of nitrogens with one attached hydrogen (secondary N) is 1. The zero-order valence-corrected chi connectivity index (χ0v) is 10.1.